The van der Waals surface area contributed by atoms with E-state index < -0.39 is 6.04 Å². The topological polar surface area (TPSA) is 49.4 Å². The molecule has 1 atom stereocenters. The number of carbonyl (C=O) groups is 2. The van der Waals surface area contributed by atoms with Gasteiger partial charge in [-0.1, -0.05) is 41.7 Å². The Morgan fingerprint density at radius 1 is 1.20 bits per heavy atom. The van der Waals surface area contributed by atoms with Crippen LogP contribution in [0.1, 0.15) is 19.8 Å². The van der Waals surface area contributed by atoms with Gasteiger partial charge in [0.1, 0.15) is 6.04 Å². The highest BCUT2D eigenvalue weighted by atomic mass is 35.5. The fourth-order valence-electron chi connectivity index (χ4n) is 2.07. The molecule has 0 spiro atoms. The first-order valence-corrected chi connectivity index (χ1v) is 7.32. The van der Waals surface area contributed by atoms with E-state index in [1.165, 1.54) is 11.0 Å². The summed E-state index contributed by atoms with van der Waals surface area (Å²) < 4.78 is 0. The Kier molecular flexibility index (Phi) is 4.78. The van der Waals surface area contributed by atoms with Crippen molar-refractivity contribution in [2.24, 2.45) is 0 Å². The molecule has 1 saturated heterocycles. The summed E-state index contributed by atoms with van der Waals surface area (Å²) in [6, 6.07) is 2.50. The van der Waals surface area contributed by atoms with Crippen LogP contribution in [-0.4, -0.2) is 24.4 Å². The molecule has 0 aliphatic carbocycles. The number of anilines is 1. The number of amides is 2. The van der Waals surface area contributed by atoms with Crippen LogP contribution in [-0.2, 0) is 9.59 Å². The van der Waals surface area contributed by atoms with Crippen LogP contribution in [0.3, 0.4) is 0 Å². The minimum atomic E-state index is -0.546. The molecule has 0 radical (unpaired) electrons. The first-order valence-electron chi connectivity index (χ1n) is 6.19. The van der Waals surface area contributed by atoms with Crippen molar-refractivity contribution < 1.29 is 9.59 Å². The van der Waals surface area contributed by atoms with Crippen molar-refractivity contribution in [3.63, 3.8) is 0 Å². The minimum absolute atomic E-state index is 0.149. The van der Waals surface area contributed by atoms with E-state index in [0.29, 0.717) is 27.2 Å². The van der Waals surface area contributed by atoms with Crippen LogP contribution < -0.4 is 10.2 Å². The van der Waals surface area contributed by atoms with Crippen LogP contribution in [0.25, 0.3) is 0 Å². The summed E-state index contributed by atoms with van der Waals surface area (Å²) in [6.45, 7) is 2.10. The van der Waals surface area contributed by atoms with Gasteiger partial charge in [-0.05, 0) is 18.6 Å². The van der Waals surface area contributed by atoms with Gasteiger partial charge in [0.2, 0.25) is 11.8 Å². The molecule has 7 heteroatoms. The third-order valence-electron chi connectivity index (χ3n) is 3.15. The standard InChI is InChI=1S/C13H13Cl3N2O2/c1-2-10-13(20)18(4-3-12(19)17-10)11-6-8(15)7(14)5-9(11)16/h5-6,10H,2-4H2,1H3,(H,17,19). The normalized spacial score (nSPS) is 19.8. The molecule has 1 aromatic carbocycles. The fourth-order valence-corrected chi connectivity index (χ4v) is 2.72. The number of carbonyl (C=O) groups excluding carboxylic acids is 2. The highest BCUT2D eigenvalue weighted by molar-refractivity contribution is 6.44. The smallest absolute Gasteiger partial charge is 0.249 e. The molecule has 1 unspecified atom stereocenters. The molecule has 1 aromatic rings. The zero-order valence-corrected chi connectivity index (χ0v) is 13.0. The maximum atomic E-state index is 12.4. The summed E-state index contributed by atoms with van der Waals surface area (Å²) in [5, 5.41) is 3.66. The highest BCUT2D eigenvalue weighted by Gasteiger charge is 2.30. The van der Waals surface area contributed by atoms with E-state index in [1.54, 1.807) is 6.07 Å². The van der Waals surface area contributed by atoms with Crippen molar-refractivity contribution in [2.75, 3.05) is 11.4 Å². The molecular weight excluding hydrogens is 323 g/mol. The van der Waals surface area contributed by atoms with Crippen molar-refractivity contribution in [3.05, 3.63) is 27.2 Å². The first kappa shape index (κ1) is 15.4. The predicted molar refractivity (Wildman–Crippen MR) is 80.7 cm³/mol. The van der Waals surface area contributed by atoms with E-state index in [2.05, 4.69) is 5.32 Å². The van der Waals surface area contributed by atoms with Crippen LogP contribution in [0.15, 0.2) is 12.1 Å². The Morgan fingerprint density at radius 2 is 1.85 bits per heavy atom. The third kappa shape index (κ3) is 3.03. The molecule has 1 aliphatic heterocycles. The Bertz CT molecular complexity index is 563. The molecule has 1 heterocycles. The molecule has 0 aromatic heterocycles. The molecule has 4 nitrogen and oxygen atoms in total. The van der Waals surface area contributed by atoms with E-state index in [4.69, 9.17) is 34.8 Å². The number of nitrogens with one attached hydrogen (secondary N) is 1. The first-order chi connectivity index (χ1) is 9.43. The van der Waals surface area contributed by atoms with Crippen molar-refractivity contribution in [1.29, 1.82) is 0 Å². The quantitative estimate of drug-likeness (QED) is 0.843. The maximum Gasteiger partial charge on any atom is 0.249 e. The lowest BCUT2D eigenvalue weighted by atomic mass is 10.2. The van der Waals surface area contributed by atoms with Gasteiger partial charge < -0.3 is 10.2 Å². The van der Waals surface area contributed by atoms with Gasteiger partial charge in [-0.25, -0.2) is 0 Å². The van der Waals surface area contributed by atoms with Crippen LogP contribution >= 0.6 is 34.8 Å². The molecule has 2 amide bonds. The van der Waals surface area contributed by atoms with E-state index in [-0.39, 0.29) is 24.8 Å². The van der Waals surface area contributed by atoms with Crippen LogP contribution in [0, 0.1) is 0 Å². The fraction of sp³-hybridized carbons (Fsp3) is 0.385. The average Bonchev–Trinajstić information content (AvgIpc) is 2.54. The van der Waals surface area contributed by atoms with Crippen LogP contribution in [0.4, 0.5) is 5.69 Å². The summed E-state index contributed by atoms with van der Waals surface area (Å²) in [7, 11) is 0. The number of halogens is 3. The zero-order valence-electron chi connectivity index (χ0n) is 10.8. The van der Waals surface area contributed by atoms with Gasteiger partial charge in [-0.2, -0.15) is 0 Å². The predicted octanol–water partition coefficient (Wildman–Crippen LogP) is 3.28. The molecule has 0 saturated carbocycles. The van der Waals surface area contributed by atoms with Crippen molar-refractivity contribution in [3.8, 4) is 0 Å². The number of rotatable bonds is 2. The molecule has 20 heavy (non-hydrogen) atoms. The molecule has 1 fully saturated rings. The van der Waals surface area contributed by atoms with Crippen molar-refractivity contribution in [1.82, 2.24) is 5.32 Å². The second kappa shape index (κ2) is 6.20. The Hall–Kier alpha value is -0.970. The van der Waals surface area contributed by atoms with Gasteiger partial charge in [0.25, 0.3) is 0 Å². The highest BCUT2D eigenvalue weighted by Crippen LogP contribution is 2.35. The van der Waals surface area contributed by atoms with Gasteiger partial charge in [-0.3, -0.25) is 9.59 Å². The van der Waals surface area contributed by atoms with Gasteiger partial charge in [0.05, 0.1) is 20.8 Å². The second-order valence-corrected chi connectivity index (χ2v) is 5.71. The number of hydrogen-bond acceptors (Lipinski definition) is 2. The van der Waals surface area contributed by atoms with Gasteiger partial charge in [-0.15, -0.1) is 0 Å². The second-order valence-electron chi connectivity index (χ2n) is 4.49. The summed E-state index contributed by atoms with van der Waals surface area (Å²) in [5.41, 5.74) is 0.473. The molecule has 0 bridgehead atoms. The van der Waals surface area contributed by atoms with Crippen LogP contribution in [0.5, 0.6) is 0 Å². The third-order valence-corrected chi connectivity index (χ3v) is 4.18. The lowest BCUT2D eigenvalue weighted by molar-refractivity contribution is -0.125. The molecule has 2 rings (SSSR count). The van der Waals surface area contributed by atoms with E-state index >= 15 is 0 Å². The van der Waals surface area contributed by atoms with E-state index in [9.17, 15) is 9.59 Å². The van der Waals surface area contributed by atoms with Gasteiger partial charge in [0, 0.05) is 13.0 Å². The molecular formula is C13H13Cl3N2O2. The SMILES string of the molecule is CCC1NC(=O)CCN(c2cc(Cl)c(Cl)cc2Cl)C1=O. The Balaban J connectivity index is 2.42. The average molecular weight is 336 g/mol. The van der Waals surface area contributed by atoms with Crippen molar-refractivity contribution >= 4 is 52.3 Å². The van der Waals surface area contributed by atoms with Gasteiger partial charge >= 0.3 is 0 Å². The Labute approximate surface area is 132 Å². The number of benzene rings is 1. The summed E-state index contributed by atoms with van der Waals surface area (Å²) in [5.74, 6) is -0.345. The number of nitrogens with zero attached hydrogens (tertiary/aromatic N) is 1. The minimum Gasteiger partial charge on any atom is -0.344 e. The van der Waals surface area contributed by atoms with Crippen molar-refractivity contribution in [2.45, 2.75) is 25.8 Å². The lowest BCUT2D eigenvalue weighted by Crippen LogP contribution is -2.44. The molecule has 1 aliphatic rings. The lowest BCUT2D eigenvalue weighted by Gasteiger charge is -2.24. The monoisotopic (exact) mass is 334 g/mol. The van der Waals surface area contributed by atoms with E-state index in [1.807, 2.05) is 6.92 Å². The molecule has 108 valence electrons. The number of hydrogen-bond donors (Lipinski definition) is 1. The Morgan fingerprint density at radius 3 is 2.50 bits per heavy atom. The summed E-state index contributed by atoms with van der Waals surface area (Å²) in [6.07, 6.45) is 0.735. The van der Waals surface area contributed by atoms with Crippen LogP contribution in [0.2, 0.25) is 15.1 Å². The largest absolute Gasteiger partial charge is 0.344 e. The summed E-state index contributed by atoms with van der Waals surface area (Å²) >= 11 is 18.0. The zero-order chi connectivity index (χ0) is 14.9. The van der Waals surface area contributed by atoms with E-state index in [0.717, 1.165) is 0 Å². The maximum absolute atomic E-state index is 12.4. The van der Waals surface area contributed by atoms with Gasteiger partial charge in [0.15, 0.2) is 0 Å². The molecule has 1 N–H and O–H groups in total. The summed E-state index contributed by atoms with van der Waals surface area (Å²) in [4.78, 5) is 25.5.